The second-order valence-corrected chi connectivity index (χ2v) is 5.05. The standard InChI is InChI=1S/C13H12F2IN3/c1-7-10(16)13(17-2)19-12(18-7)9-5-3-8(4-6-9)11(14)15/h3-6,11H,1-2H3,(H,17,18,19). The molecule has 1 aromatic heterocycles. The van der Waals surface area contributed by atoms with Crippen LogP contribution in [-0.4, -0.2) is 17.0 Å². The third kappa shape index (κ3) is 2.99. The summed E-state index contributed by atoms with van der Waals surface area (Å²) in [5.41, 5.74) is 1.58. The third-order valence-electron chi connectivity index (χ3n) is 2.67. The van der Waals surface area contributed by atoms with Gasteiger partial charge in [-0.1, -0.05) is 24.3 Å². The molecule has 1 N–H and O–H groups in total. The molecule has 0 bridgehead atoms. The average Bonchev–Trinajstić information content (AvgIpc) is 2.41. The minimum atomic E-state index is -2.46. The quantitative estimate of drug-likeness (QED) is 0.824. The molecule has 0 aliphatic rings. The van der Waals surface area contributed by atoms with E-state index >= 15 is 0 Å². The molecule has 6 heteroatoms. The minimum absolute atomic E-state index is 0.000163. The van der Waals surface area contributed by atoms with Crippen LogP contribution in [0.2, 0.25) is 0 Å². The lowest BCUT2D eigenvalue weighted by Gasteiger charge is -2.09. The van der Waals surface area contributed by atoms with Gasteiger partial charge >= 0.3 is 0 Å². The van der Waals surface area contributed by atoms with Crippen molar-refractivity contribution in [2.75, 3.05) is 12.4 Å². The van der Waals surface area contributed by atoms with Crippen LogP contribution in [0.5, 0.6) is 0 Å². The van der Waals surface area contributed by atoms with Crippen molar-refractivity contribution in [3.63, 3.8) is 0 Å². The van der Waals surface area contributed by atoms with E-state index in [-0.39, 0.29) is 5.56 Å². The zero-order chi connectivity index (χ0) is 14.0. The Hall–Kier alpha value is -1.31. The van der Waals surface area contributed by atoms with Crippen LogP contribution >= 0.6 is 22.6 Å². The Morgan fingerprint density at radius 3 is 2.32 bits per heavy atom. The van der Waals surface area contributed by atoms with Gasteiger partial charge in [-0.3, -0.25) is 0 Å². The van der Waals surface area contributed by atoms with Crippen molar-refractivity contribution in [3.05, 3.63) is 39.1 Å². The van der Waals surface area contributed by atoms with E-state index < -0.39 is 6.43 Å². The Morgan fingerprint density at radius 1 is 1.16 bits per heavy atom. The van der Waals surface area contributed by atoms with Crippen molar-refractivity contribution >= 4 is 28.4 Å². The topological polar surface area (TPSA) is 37.8 Å². The fourth-order valence-corrected chi connectivity index (χ4v) is 2.14. The molecular formula is C13H12F2IN3. The molecule has 0 saturated carbocycles. The summed E-state index contributed by atoms with van der Waals surface area (Å²) in [7, 11) is 1.79. The van der Waals surface area contributed by atoms with Gasteiger partial charge in [0, 0.05) is 18.2 Å². The summed E-state index contributed by atoms with van der Waals surface area (Å²) in [5, 5.41) is 3.00. The number of hydrogen-bond donors (Lipinski definition) is 1. The van der Waals surface area contributed by atoms with Gasteiger partial charge in [0.25, 0.3) is 6.43 Å². The van der Waals surface area contributed by atoms with Crippen LogP contribution < -0.4 is 5.32 Å². The van der Waals surface area contributed by atoms with Crippen LogP contribution in [0.3, 0.4) is 0 Å². The van der Waals surface area contributed by atoms with Gasteiger partial charge in [-0.05, 0) is 29.5 Å². The van der Waals surface area contributed by atoms with Crippen LogP contribution in [0.15, 0.2) is 24.3 Å². The first-order valence-electron chi connectivity index (χ1n) is 5.63. The lowest BCUT2D eigenvalue weighted by Crippen LogP contribution is -2.02. The number of nitrogens with zero attached hydrogens (tertiary/aromatic N) is 2. The Balaban J connectivity index is 2.44. The Morgan fingerprint density at radius 2 is 1.79 bits per heavy atom. The van der Waals surface area contributed by atoms with Gasteiger partial charge in [0.05, 0.1) is 9.26 Å². The van der Waals surface area contributed by atoms with Gasteiger partial charge in [-0.15, -0.1) is 0 Å². The fraction of sp³-hybridized carbons (Fsp3) is 0.231. The zero-order valence-electron chi connectivity index (χ0n) is 10.4. The Bertz CT molecular complexity index is 585. The molecule has 100 valence electrons. The highest BCUT2D eigenvalue weighted by Gasteiger charge is 2.11. The molecule has 1 heterocycles. The molecule has 19 heavy (non-hydrogen) atoms. The predicted octanol–water partition coefficient (Wildman–Crippen LogP) is 4.04. The summed E-state index contributed by atoms with van der Waals surface area (Å²) < 4.78 is 25.9. The van der Waals surface area contributed by atoms with Crippen molar-refractivity contribution in [1.29, 1.82) is 0 Å². The normalized spacial score (nSPS) is 10.8. The number of hydrogen-bond acceptors (Lipinski definition) is 3. The highest BCUT2D eigenvalue weighted by molar-refractivity contribution is 14.1. The number of alkyl halides is 2. The molecule has 1 aromatic carbocycles. The van der Waals surface area contributed by atoms with Gasteiger partial charge in [0.2, 0.25) is 0 Å². The van der Waals surface area contributed by atoms with E-state index in [0.717, 1.165) is 20.6 Å². The maximum absolute atomic E-state index is 12.5. The van der Waals surface area contributed by atoms with Gasteiger partial charge < -0.3 is 5.32 Å². The molecule has 0 spiro atoms. The highest BCUT2D eigenvalue weighted by Crippen LogP contribution is 2.25. The van der Waals surface area contributed by atoms with E-state index in [0.29, 0.717) is 5.82 Å². The monoisotopic (exact) mass is 375 g/mol. The first-order chi connectivity index (χ1) is 9.02. The van der Waals surface area contributed by atoms with Crippen LogP contribution in [0.25, 0.3) is 11.4 Å². The van der Waals surface area contributed by atoms with Crippen LogP contribution in [0.1, 0.15) is 17.7 Å². The molecule has 0 aliphatic carbocycles. The molecular weight excluding hydrogens is 363 g/mol. The summed E-state index contributed by atoms with van der Waals surface area (Å²) in [6.45, 7) is 1.89. The molecule has 3 nitrogen and oxygen atoms in total. The van der Waals surface area contributed by atoms with E-state index in [9.17, 15) is 8.78 Å². The molecule has 0 fully saturated rings. The Labute approximate surface area is 123 Å². The van der Waals surface area contributed by atoms with Crippen LogP contribution in [0.4, 0.5) is 14.6 Å². The minimum Gasteiger partial charge on any atom is -0.372 e. The summed E-state index contributed by atoms with van der Waals surface area (Å²) in [6.07, 6.45) is -2.46. The van der Waals surface area contributed by atoms with Gasteiger partial charge in [0.1, 0.15) is 5.82 Å². The summed E-state index contributed by atoms with van der Waals surface area (Å²) in [4.78, 5) is 8.76. The number of benzene rings is 1. The average molecular weight is 375 g/mol. The van der Waals surface area contributed by atoms with E-state index in [2.05, 4.69) is 37.9 Å². The summed E-state index contributed by atoms with van der Waals surface area (Å²) in [5.74, 6) is 1.27. The van der Waals surface area contributed by atoms with Gasteiger partial charge in [-0.2, -0.15) is 0 Å². The van der Waals surface area contributed by atoms with Crippen molar-refractivity contribution in [3.8, 4) is 11.4 Å². The van der Waals surface area contributed by atoms with Crippen molar-refractivity contribution in [2.45, 2.75) is 13.3 Å². The van der Waals surface area contributed by atoms with Crippen LogP contribution in [-0.2, 0) is 0 Å². The largest absolute Gasteiger partial charge is 0.372 e. The molecule has 0 aliphatic heterocycles. The first kappa shape index (κ1) is 14.1. The number of nitrogens with one attached hydrogen (secondary N) is 1. The Kier molecular flexibility index (Phi) is 4.28. The summed E-state index contributed by atoms with van der Waals surface area (Å²) >= 11 is 2.17. The molecule has 0 unspecified atom stereocenters. The second-order valence-electron chi connectivity index (χ2n) is 3.97. The smallest absolute Gasteiger partial charge is 0.263 e. The second kappa shape index (κ2) is 5.77. The molecule has 0 radical (unpaired) electrons. The number of aromatic nitrogens is 2. The first-order valence-corrected chi connectivity index (χ1v) is 6.71. The number of anilines is 1. The van der Waals surface area contributed by atoms with E-state index in [4.69, 9.17) is 0 Å². The summed E-state index contributed by atoms with van der Waals surface area (Å²) in [6, 6.07) is 6.02. The maximum Gasteiger partial charge on any atom is 0.263 e. The van der Waals surface area contributed by atoms with Gasteiger partial charge in [-0.25, -0.2) is 18.7 Å². The van der Waals surface area contributed by atoms with Crippen LogP contribution in [0, 0.1) is 10.5 Å². The third-order valence-corrected chi connectivity index (χ3v) is 3.97. The van der Waals surface area contributed by atoms with Crippen molar-refractivity contribution in [1.82, 2.24) is 9.97 Å². The molecule has 0 amide bonds. The number of rotatable bonds is 3. The molecule has 2 rings (SSSR count). The predicted molar refractivity (Wildman–Crippen MR) is 79.4 cm³/mol. The zero-order valence-corrected chi connectivity index (χ0v) is 12.6. The lowest BCUT2D eigenvalue weighted by atomic mass is 10.1. The van der Waals surface area contributed by atoms with E-state index in [1.54, 1.807) is 19.2 Å². The van der Waals surface area contributed by atoms with E-state index in [1.807, 2.05) is 6.92 Å². The molecule has 2 aromatic rings. The number of halogens is 3. The van der Waals surface area contributed by atoms with Gasteiger partial charge in [0.15, 0.2) is 5.82 Å². The molecule has 0 saturated heterocycles. The number of aryl methyl sites for hydroxylation is 1. The maximum atomic E-state index is 12.5. The fourth-order valence-electron chi connectivity index (χ4n) is 1.63. The molecule has 0 atom stereocenters. The highest BCUT2D eigenvalue weighted by atomic mass is 127. The lowest BCUT2D eigenvalue weighted by molar-refractivity contribution is 0.151. The van der Waals surface area contributed by atoms with E-state index in [1.165, 1.54) is 12.1 Å². The van der Waals surface area contributed by atoms with Crippen molar-refractivity contribution in [2.24, 2.45) is 0 Å². The SMILES string of the molecule is CNc1nc(-c2ccc(C(F)F)cc2)nc(C)c1I. The van der Waals surface area contributed by atoms with Crippen molar-refractivity contribution < 1.29 is 8.78 Å².